The maximum absolute atomic E-state index is 12.9. The van der Waals surface area contributed by atoms with Gasteiger partial charge in [0.2, 0.25) is 6.79 Å². The molecule has 12 heteroatoms. The van der Waals surface area contributed by atoms with Crippen molar-refractivity contribution in [3.63, 3.8) is 0 Å². The summed E-state index contributed by atoms with van der Waals surface area (Å²) in [6.07, 6.45) is 1.50. The summed E-state index contributed by atoms with van der Waals surface area (Å²) in [5.41, 5.74) is 4.35. The van der Waals surface area contributed by atoms with Crippen molar-refractivity contribution >= 4 is 63.8 Å². The Bertz CT molecular complexity index is 1470. The lowest BCUT2D eigenvalue weighted by Gasteiger charge is -2.20. The highest BCUT2D eigenvalue weighted by molar-refractivity contribution is 14.1. The molecular weight excluding hydrogens is 684 g/mol. The van der Waals surface area contributed by atoms with Gasteiger partial charge in [-0.2, -0.15) is 5.10 Å². The number of carbonyl (C=O) groups excluding carboxylic acids is 2. The van der Waals surface area contributed by atoms with E-state index in [1.807, 2.05) is 32.9 Å². The third-order valence-corrected chi connectivity index (χ3v) is 7.37. The average molecular weight is 712 g/mol. The molecule has 1 aliphatic rings. The van der Waals surface area contributed by atoms with Crippen LogP contribution in [-0.4, -0.2) is 37.5 Å². The first kappa shape index (κ1) is 30.7. The summed E-state index contributed by atoms with van der Waals surface area (Å²) in [5, 5.41) is 7.95. The van der Waals surface area contributed by atoms with Crippen molar-refractivity contribution in [2.24, 2.45) is 11.0 Å². The predicted molar refractivity (Wildman–Crippen MR) is 166 cm³/mol. The Morgan fingerprint density at radius 1 is 1.07 bits per heavy atom. The molecule has 3 aromatic carbocycles. The molecular formula is C29H28Cl2IN3O6. The quantitative estimate of drug-likeness (QED) is 0.139. The minimum Gasteiger partial charge on any atom is -0.490 e. The van der Waals surface area contributed by atoms with Crippen LogP contribution in [0.15, 0.2) is 53.6 Å². The summed E-state index contributed by atoms with van der Waals surface area (Å²) in [6, 6.07) is 12.9. The number of carbonyl (C=O) groups is 2. The fourth-order valence-electron chi connectivity index (χ4n) is 3.89. The van der Waals surface area contributed by atoms with Crippen LogP contribution in [0.1, 0.15) is 42.3 Å². The van der Waals surface area contributed by atoms with E-state index in [1.54, 1.807) is 36.4 Å². The Kier molecular flexibility index (Phi) is 10.6. The number of hydrogen-bond donors (Lipinski definition) is 2. The molecule has 4 rings (SSSR count). The van der Waals surface area contributed by atoms with Gasteiger partial charge in [0.05, 0.1) is 16.4 Å². The number of halogens is 3. The monoisotopic (exact) mass is 711 g/mol. The molecule has 0 saturated heterocycles. The van der Waals surface area contributed by atoms with E-state index in [0.717, 1.165) is 9.13 Å². The van der Waals surface area contributed by atoms with E-state index in [2.05, 4.69) is 38.4 Å². The number of amides is 2. The van der Waals surface area contributed by atoms with E-state index < -0.39 is 17.9 Å². The molecule has 0 aliphatic carbocycles. The molecule has 3 aromatic rings. The minimum absolute atomic E-state index is 0.106. The number of nitrogens with one attached hydrogen (secondary N) is 2. The number of ether oxygens (including phenoxy) is 4. The van der Waals surface area contributed by atoms with Gasteiger partial charge in [0, 0.05) is 21.2 Å². The van der Waals surface area contributed by atoms with Crippen LogP contribution in [0.5, 0.6) is 23.0 Å². The molecule has 0 saturated carbocycles. The maximum Gasteiger partial charge on any atom is 0.262 e. The summed E-state index contributed by atoms with van der Waals surface area (Å²) in [5.74, 6) is 1.08. The van der Waals surface area contributed by atoms with Gasteiger partial charge in [-0.25, -0.2) is 5.43 Å². The Morgan fingerprint density at radius 3 is 2.59 bits per heavy atom. The van der Waals surface area contributed by atoms with E-state index in [0.29, 0.717) is 50.8 Å². The van der Waals surface area contributed by atoms with Gasteiger partial charge in [-0.15, -0.1) is 0 Å². The SMILES string of the molecule is CCOc1cc(C=NNC(=O)[C@@H](NC(=O)c2ccc3c(c2)OCO3)C(C)C)cc(I)c1OCc1ccc(Cl)cc1Cl. The van der Waals surface area contributed by atoms with Gasteiger partial charge in [-0.05, 0) is 83.5 Å². The molecule has 1 heterocycles. The standard InChI is InChI=1S/C29H28Cl2IN3O6/c1-4-38-25-10-17(9-22(32)27(25)39-14-19-5-7-20(30)12-21(19)31)13-33-35-29(37)26(16(2)3)34-28(36)18-6-8-23-24(11-18)41-15-40-23/h5-13,16,26H,4,14-15H2,1-3H3,(H,34,36)(H,35,37)/t26-/m0/s1. The number of nitrogens with zero attached hydrogens (tertiary/aromatic N) is 1. The van der Waals surface area contributed by atoms with Crippen LogP contribution < -0.4 is 29.7 Å². The molecule has 0 aromatic heterocycles. The Balaban J connectivity index is 1.42. The number of fused-ring (bicyclic) bond motifs is 1. The van der Waals surface area contributed by atoms with Crippen molar-refractivity contribution in [2.45, 2.75) is 33.4 Å². The van der Waals surface area contributed by atoms with Crippen molar-refractivity contribution in [1.82, 2.24) is 10.7 Å². The number of benzene rings is 3. The van der Waals surface area contributed by atoms with Crippen molar-refractivity contribution in [1.29, 1.82) is 0 Å². The summed E-state index contributed by atoms with van der Waals surface area (Å²) in [7, 11) is 0. The topological polar surface area (TPSA) is 107 Å². The molecule has 0 unspecified atom stereocenters. The maximum atomic E-state index is 12.9. The predicted octanol–water partition coefficient (Wildman–Crippen LogP) is 6.21. The zero-order valence-electron chi connectivity index (χ0n) is 22.5. The molecule has 2 amide bonds. The first-order valence-electron chi connectivity index (χ1n) is 12.7. The Hall–Kier alpha value is -3.22. The smallest absolute Gasteiger partial charge is 0.262 e. The second kappa shape index (κ2) is 14.1. The van der Waals surface area contributed by atoms with Crippen LogP contribution in [0.25, 0.3) is 0 Å². The van der Waals surface area contributed by atoms with Crippen molar-refractivity contribution in [3.8, 4) is 23.0 Å². The number of rotatable bonds is 11. The highest BCUT2D eigenvalue weighted by Crippen LogP contribution is 2.35. The molecule has 0 radical (unpaired) electrons. The molecule has 216 valence electrons. The van der Waals surface area contributed by atoms with E-state index in [4.69, 9.17) is 42.1 Å². The Labute approximate surface area is 261 Å². The van der Waals surface area contributed by atoms with Crippen LogP contribution in [0.2, 0.25) is 10.0 Å². The van der Waals surface area contributed by atoms with Crippen LogP contribution in [-0.2, 0) is 11.4 Å². The molecule has 1 atom stereocenters. The van der Waals surface area contributed by atoms with Crippen LogP contribution in [0.3, 0.4) is 0 Å². The van der Waals surface area contributed by atoms with Gasteiger partial charge in [0.25, 0.3) is 11.8 Å². The van der Waals surface area contributed by atoms with E-state index >= 15 is 0 Å². The van der Waals surface area contributed by atoms with Crippen molar-refractivity contribution in [3.05, 3.63) is 78.8 Å². The summed E-state index contributed by atoms with van der Waals surface area (Å²) < 4.78 is 23.3. The first-order valence-corrected chi connectivity index (χ1v) is 14.6. The zero-order valence-corrected chi connectivity index (χ0v) is 26.2. The second-order valence-electron chi connectivity index (χ2n) is 9.28. The molecule has 9 nitrogen and oxygen atoms in total. The lowest BCUT2D eigenvalue weighted by atomic mass is 10.0. The minimum atomic E-state index is -0.820. The normalized spacial score (nSPS) is 12.9. The van der Waals surface area contributed by atoms with Crippen LogP contribution >= 0.6 is 45.8 Å². The fourth-order valence-corrected chi connectivity index (χ4v) is 5.14. The second-order valence-corrected chi connectivity index (χ2v) is 11.3. The number of hydrogen-bond acceptors (Lipinski definition) is 7. The lowest BCUT2D eigenvalue weighted by Crippen LogP contribution is -2.48. The first-order chi connectivity index (χ1) is 19.7. The molecule has 0 bridgehead atoms. The van der Waals surface area contributed by atoms with Gasteiger partial charge in [0.15, 0.2) is 23.0 Å². The molecule has 41 heavy (non-hydrogen) atoms. The van der Waals surface area contributed by atoms with Gasteiger partial charge < -0.3 is 24.3 Å². The summed E-state index contributed by atoms with van der Waals surface area (Å²) in [4.78, 5) is 25.8. The lowest BCUT2D eigenvalue weighted by molar-refractivity contribution is -0.123. The van der Waals surface area contributed by atoms with Gasteiger partial charge >= 0.3 is 0 Å². The van der Waals surface area contributed by atoms with Gasteiger partial charge in [-0.1, -0.05) is 43.1 Å². The van der Waals surface area contributed by atoms with Crippen molar-refractivity contribution < 1.29 is 28.5 Å². The third kappa shape index (κ3) is 7.96. The number of hydrazone groups is 1. The average Bonchev–Trinajstić information content (AvgIpc) is 3.40. The highest BCUT2D eigenvalue weighted by Gasteiger charge is 2.25. The Morgan fingerprint density at radius 2 is 1.85 bits per heavy atom. The molecule has 0 spiro atoms. The third-order valence-electron chi connectivity index (χ3n) is 5.98. The van der Waals surface area contributed by atoms with Gasteiger partial charge in [0.1, 0.15) is 12.6 Å². The molecule has 1 aliphatic heterocycles. The van der Waals surface area contributed by atoms with Crippen LogP contribution in [0, 0.1) is 9.49 Å². The fraction of sp³-hybridized carbons (Fsp3) is 0.276. The zero-order chi connectivity index (χ0) is 29.5. The summed E-state index contributed by atoms with van der Waals surface area (Å²) in [6.45, 7) is 6.29. The van der Waals surface area contributed by atoms with Gasteiger partial charge in [-0.3, -0.25) is 9.59 Å². The van der Waals surface area contributed by atoms with Crippen molar-refractivity contribution in [2.75, 3.05) is 13.4 Å². The van der Waals surface area contributed by atoms with Crippen LogP contribution in [0.4, 0.5) is 0 Å². The molecule has 0 fully saturated rings. The largest absolute Gasteiger partial charge is 0.490 e. The summed E-state index contributed by atoms with van der Waals surface area (Å²) >= 11 is 14.4. The molecule has 2 N–H and O–H groups in total. The van der Waals surface area contributed by atoms with E-state index in [-0.39, 0.29) is 19.3 Å². The van der Waals surface area contributed by atoms with E-state index in [1.165, 1.54) is 6.21 Å². The van der Waals surface area contributed by atoms with E-state index in [9.17, 15) is 9.59 Å². The highest BCUT2D eigenvalue weighted by atomic mass is 127.